The number of amides is 2. The van der Waals surface area contributed by atoms with Crippen LogP contribution in [0.15, 0.2) is 42.1 Å². The van der Waals surface area contributed by atoms with E-state index in [1.165, 1.54) is 0 Å². The third-order valence-electron chi connectivity index (χ3n) is 5.45. The third kappa shape index (κ3) is 4.17. The van der Waals surface area contributed by atoms with Gasteiger partial charge in [0.1, 0.15) is 0 Å². The molecule has 2 aromatic heterocycles. The number of nitrogens with one attached hydrogen (secondary N) is 3. The number of imide groups is 1. The van der Waals surface area contributed by atoms with Crippen molar-refractivity contribution >= 4 is 35.4 Å². The van der Waals surface area contributed by atoms with E-state index in [0.717, 1.165) is 18.4 Å². The Labute approximate surface area is 183 Å². The number of aliphatic hydroxyl groups is 1. The van der Waals surface area contributed by atoms with Gasteiger partial charge >= 0.3 is 0 Å². The molecule has 3 heterocycles. The molecule has 2 amide bonds. The van der Waals surface area contributed by atoms with Crippen molar-refractivity contribution in [2.45, 2.75) is 37.8 Å². The lowest BCUT2D eigenvalue weighted by Gasteiger charge is -2.19. The average Bonchev–Trinajstić information content (AvgIpc) is 3.42. The van der Waals surface area contributed by atoms with E-state index in [1.54, 1.807) is 16.8 Å². The molecular formula is C22H23N7O3. The molecule has 32 heavy (non-hydrogen) atoms. The van der Waals surface area contributed by atoms with Crippen molar-refractivity contribution in [1.82, 2.24) is 24.9 Å². The van der Waals surface area contributed by atoms with Gasteiger partial charge in [0.15, 0.2) is 5.65 Å². The lowest BCUT2D eigenvalue weighted by molar-refractivity contribution is -0.124. The standard InChI is InChI=1S/C22H23N7O3/c30-9-8-17(13-4-2-1-3-5-13)25-21-27-19-15(10-14-11-18(31)26-20(14)32)12-23-29(19)22(28-21)24-16-6-7-16/h1-5,10,12,16-17,30H,6-9,11H2,(H,26,31,32)(H2,24,25,27,28)/b14-10+/t17-/m0/s1. The van der Waals surface area contributed by atoms with Crippen molar-refractivity contribution in [2.75, 3.05) is 17.2 Å². The maximum atomic E-state index is 12.0. The summed E-state index contributed by atoms with van der Waals surface area (Å²) in [5, 5.41) is 23.0. The van der Waals surface area contributed by atoms with Crippen LogP contribution < -0.4 is 16.0 Å². The van der Waals surface area contributed by atoms with Gasteiger partial charge in [0.2, 0.25) is 17.8 Å². The van der Waals surface area contributed by atoms with Crippen molar-refractivity contribution in [2.24, 2.45) is 0 Å². The molecule has 1 saturated carbocycles. The molecule has 1 aliphatic carbocycles. The van der Waals surface area contributed by atoms with E-state index < -0.39 is 5.91 Å². The number of anilines is 2. The maximum absolute atomic E-state index is 12.0. The molecule has 5 rings (SSSR count). The van der Waals surface area contributed by atoms with E-state index >= 15 is 0 Å². The van der Waals surface area contributed by atoms with E-state index in [4.69, 9.17) is 0 Å². The number of nitrogens with zero attached hydrogens (tertiary/aromatic N) is 4. The number of hydrogen-bond acceptors (Lipinski definition) is 8. The second-order valence-corrected chi connectivity index (χ2v) is 7.97. The van der Waals surface area contributed by atoms with Crippen LogP contribution in [0.5, 0.6) is 0 Å². The summed E-state index contributed by atoms with van der Waals surface area (Å²) in [6.07, 6.45) is 5.90. The third-order valence-corrected chi connectivity index (χ3v) is 5.45. The summed E-state index contributed by atoms with van der Waals surface area (Å²) in [6, 6.07) is 9.96. The highest BCUT2D eigenvalue weighted by atomic mass is 16.3. The first kappa shape index (κ1) is 20.1. The molecule has 0 unspecified atom stereocenters. The van der Waals surface area contributed by atoms with Crippen molar-refractivity contribution < 1.29 is 14.7 Å². The number of rotatable bonds is 8. The highest BCUT2D eigenvalue weighted by Crippen LogP contribution is 2.27. The number of hydrogen-bond donors (Lipinski definition) is 4. The second-order valence-electron chi connectivity index (χ2n) is 7.97. The van der Waals surface area contributed by atoms with Gasteiger partial charge < -0.3 is 15.7 Å². The molecule has 4 N–H and O–H groups in total. The first-order chi connectivity index (χ1) is 15.6. The zero-order valence-corrected chi connectivity index (χ0v) is 17.3. The normalized spacial score (nSPS) is 18.2. The summed E-state index contributed by atoms with van der Waals surface area (Å²) in [5.41, 5.74) is 2.52. The molecular weight excluding hydrogens is 410 g/mol. The summed E-state index contributed by atoms with van der Waals surface area (Å²) in [6.45, 7) is 0.00908. The van der Waals surface area contributed by atoms with E-state index in [-0.39, 0.29) is 25.0 Å². The molecule has 1 aliphatic heterocycles. The number of fused-ring (bicyclic) bond motifs is 1. The van der Waals surface area contributed by atoms with E-state index in [2.05, 4.69) is 31.0 Å². The molecule has 0 radical (unpaired) electrons. The highest BCUT2D eigenvalue weighted by Gasteiger charge is 2.26. The minimum atomic E-state index is -0.398. The Balaban J connectivity index is 1.54. The summed E-state index contributed by atoms with van der Waals surface area (Å²) < 4.78 is 1.61. The minimum Gasteiger partial charge on any atom is -0.396 e. The van der Waals surface area contributed by atoms with Gasteiger partial charge in [-0.15, -0.1) is 0 Å². The zero-order valence-electron chi connectivity index (χ0n) is 17.3. The van der Waals surface area contributed by atoms with E-state index in [1.807, 2.05) is 30.3 Å². The van der Waals surface area contributed by atoms with Gasteiger partial charge in [-0.2, -0.15) is 19.6 Å². The molecule has 10 nitrogen and oxygen atoms in total. The van der Waals surface area contributed by atoms with Crippen LogP contribution in [0.1, 0.15) is 42.9 Å². The quantitative estimate of drug-likeness (QED) is 0.311. The summed E-state index contributed by atoms with van der Waals surface area (Å²) in [5.74, 6) is 0.216. The molecule has 0 bridgehead atoms. The Morgan fingerprint density at radius 2 is 2.03 bits per heavy atom. The smallest absolute Gasteiger partial charge is 0.254 e. The van der Waals surface area contributed by atoms with Gasteiger partial charge in [-0.3, -0.25) is 14.9 Å². The fraction of sp³-hybridized carbons (Fsp3) is 0.318. The van der Waals surface area contributed by atoms with Crippen LogP contribution >= 0.6 is 0 Å². The number of aromatic nitrogens is 4. The fourth-order valence-electron chi connectivity index (χ4n) is 3.67. The topological polar surface area (TPSA) is 134 Å². The number of carbonyl (C=O) groups excluding carboxylic acids is 2. The Morgan fingerprint density at radius 1 is 1.22 bits per heavy atom. The molecule has 164 valence electrons. The van der Waals surface area contributed by atoms with Crippen LogP contribution in [-0.2, 0) is 9.59 Å². The van der Waals surface area contributed by atoms with Crippen molar-refractivity contribution in [3.05, 3.63) is 53.2 Å². The number of benzene rings is 1. The van der Waals surface area contributed by atoms with Crippen molar-refractivity contribution in [1.29, 1.82) is 0 Å². The van der Waals surface area contributed by atoms with Crippen LogP contribution in [0, 0.1) is 0 Å². The van der Waals surface area contributed by atoms with Gasteiger partial charge in [-0.05, 0) is 30.9 Å². The minimum absolute atomic E-state index is 0.00908. The number of carbonyl (C=O) groups is 2. The summed E-state index contributed by atoms with van der Waals surface area (Å²) in [7, 11) is 0. The molecule has 10 heteroatoms. The Bertz CT molecular complexity index is 1200. The Morgan fingerprint density at radius 3 is 2.72 bits per heavy atom. The van der Waals surface area contributed by atoms with Crippen LogP contribution in [-0.4, -0.2) is 49.2 Å². The highest BCUT2D eigenvalue weighted by molar-refractivity contribution is 6.15. The lowest BCUT2D eigenvalue weighted by Crippen LogP contribution is -2.19. The predicted molar refractivity (Wildman–Crippen MR) is 118 cm³/mol. The largest absolute Gasteiger partial charge is 0.396 e. The Kier molecular flexibility index (Phi) is 5.28. The van der Waals surface area contributed by atoms with E-state index in [9.17, 15) is 14.7 Å². The summed E-state index contributed by atoms with van der Waals surface area (Å²) >= 11 is 0. The van der Waals surface area contributed by atoms with Gasteiger partial charge in [0.25, 0.3) is 5.91 Å². The molecule has 0 spiro atoms. The summed E-state index contributed by atoms with van der Waals surface area (Å²) in [4.78, 5) is 32.8. The van der Waals surface area contributed by atoms with Gasteiger partial charge in [0, 0.05) is 23.8 Å². The van der Waals surface area contributed by atoms with Gasteiger partial charge in [-0.1, -0.05) is 30.3 Å². The van der Waals surface area contributed by atoms with Crippen LogP contribution in [0.2, 0.25) is 0 Å². The van der Waals surface area contributed by atoms with Crippen molar-refractivity contribution in [3.8, 4) is 0 Å². The monoisotopic (exact) mass is 433 g/mol. The lowest BCUT2D eigenvalue weighted by atomic mass is 10.0. The fourth-order valence-corrected chi connectivity index (χ4v) is 3.67. The molecule has 3 aromatic rings. The Hall–Kier alpha value is -3.79. The van der Waals surface area contributed by atoms with Crippen LogP contribution in [0.3, 0.4) is 0 Å². The molecule has 2 fully saturated rings. The molecule has 1 atom stereocenters. The molecule has 1 saturated heterocycles. The van der Waals surface area contributed by atoms with Crippen LogP contribution in [0.4, 0.5) is 11.9 Å². The average molecular weight is 433 g/mol. The maximum Gasteiger partial charge on any atom is 0.254 e. The molecule has 2 aliphatic rings. The SMILES string of the molecule is O=C1C/C(=C\c2cnn3c(NC4CC4)nc(N[C@@H](CCO)c4ccccc4)nc23)C(=O)N1. The van der Waals surface area contributed by atoms with Gasteiger partial charge in [-0.25, -0.2) is 0 Å². The zero-order chi connectivity index (χ0) is 22.1. The molecule has 1 aromatic carbocycles. The van der Waals surface area contributed by atoms with Crippen molar-refractivity contribution in [3.63, 3.8) is 0 Å². The first-order valence-corrected chi connectivity index (χ1v) is 10.6. The van der Waals surface area contributed by atoms with Gasteiger partial charge in [0.05, 0.1) is 18.7 Å². The second kappa shape index (κ2) is 8.39. The predicted octanol–water partition coefficient (Wildman–Crippen LogP) is 1.66. The number of aliphatic hydroxyl groups excluding tert-OH is 1. The van der Waals surface area contributed by atoms with E-state index in [0.29, 0.717) is 41.1 Å². The van der Waals surface area contributed by atoms with Crippen LogP contribution in [0.25, 0.3) is 11.7 Å². The first-order valence-electron chi connectivity index (χ1n) is 10.6.